The average Bonchev–Trinajstić information content (AvgIpc) is 2.18. The third-order valence-electron chi connectivity index (χ3n) is 3.83. The Bertz CT molecular complexity index is 390. The van der Waals surface area contributed by atoms with E-state index in [1.165, 1.54) is 37.5 Å². The largest absolute Gasteiger partial charge is 0.508 e. The number of hydrogen-bond acceptors (Lipinski definition) is 2. The lowest BCUT2D eigenvalue weighted by molar-refractivity contribution is 0.229. The van der Waals surface area contributed by atoms with Crippen LogP contribution in [0.3, 0.4) is 0 Å². The molecule has 1 fully saturated rings. The lowest BCUT2D eigenvalue weighted by atomic mass is 9.80. The molecular weight excluding hydrogens is 217 g/mol. The Morgan fingerprint density at radius 2 is 2.06 bits per heavy atom. The smallest absolute Gasteiger partial charge is 0.123 e. The van der Waals surface area contributed by atoms with Gasteiger partial charge in [0.1, 0.15) is 11.6 Å². The molecule has 0 radical (unpaired) electrons. The molecule has 0 bridgehead atoms. The molecular formula is C14H20FNO. The van der Waals surface area contributed by atoms with Crippen molar-refractivity contribution < 1.29 is 9.50 Å². The van der Waals surface area contributed by atoms with E-state index in [-0.39, 0.29) is 17.6 Å². The van der Waals surface area contributed by atoms with Crippen molar-refractivity contribution >= 4 is 0 Å². The van der Waals surface area contributed by atoms with Crippen molar-refractivity contribution in [3.63, 3.8) is 0 Å². The van der Waals surface area contributed by atoms with Gasteiger partial charge in [0, 0.05) is 17.6 Å². The van der Waals surface area contributed by atoms with E-state index in [9.17, 15) is 9.50 Å². The van der Waals surface area contributed by atoms with Crippen LogP contribution in [-0.4, -0.2) is 11.1 Å². The zero-order valence-corrected chi connectivity index (χ0v) is 10.4. The van der Waals surface area contributed by atoms with Gasteiger partial charge in [-0.25, -0.2) is 4.39 Å². The molecule has 2 unspecified atom stereocenters. The lowest BCUT2D eigenvalue weighted by Gasteiger charge is -2.34. The number of halogens is 1. The normalized spacial score (nSPS) is 19.7. The maximum absolute atomic E-state index is 13.1. The summed E-state index contributed by atoms with van der Waals surface area (Å²) >= 11 is 0. The van der Waals surface area contributed by atoms with Crippen molar-refractivity contribution in [1.82, 2.24) is 5.32 Å². The average molecular weight is 237 g/mol. The standard InChI is InChI=1S/C14H20FNO/c1-9(11-4-3-5-11)16-10(2)13-8-12(15)6-7-14(13)17/h6-11,16-17H,3-5H2,1-2H3. The topological polar surface area (TPSA) is 32.3 Å². The van der Waals surface area contributed by atoms with Crippen LogP contribution in [0.2, 0.25) is 0 Å². The predicted octanol–water partition coefficient (Wildman–Crippen LogP) is 3.37. The van der Waals surface area contributed by atoms with Gasteiger partial charge in [-0.2, -0.15) is 0 Å². The van der Waals surface area contributed by atoms with E-state index >= 15 is 0 Å². The van der Waals surface area contributed by atoms with E-state index in [1.54, 1.807) is 0 Å². The van der Waals surface area contributed by atoms with Crippen molar-refractivity contribution in [2.75, 3.05) is 0 Å². The van der Waals surface area contributed by atoms with Crippen molar-refractivity contribution in [3.8, 4) is 5.75 Å². The van der Waals surface area contributed by atoms with Crippen LogP contribution in [0.15, 0.2) is 18.2 Å². The first-order valence-corrected chi connectivity index (χ1v) is 6.32. The van der Waals surface area contributed by atoms with Crippen LogP contribution in [0, 0.1) is 11.7 Å². The second kappa shape index (κ2) is 5.05. The maximum Gasteiger partial charge on any atom is 0.123 e. The number of aromatic hydroxyl groups is 1. The van der Waals surface area contributed by atoms with Gasteiger partial charge in [-0.05, 0) is 50.8 Å². The molecule has 2 atom stereocenters. The highest BCUT2D eigenvalue weighted by molar-refractivity contribution is 5.34. The molecule has 1 aromatic carbocycles. The third kappa shape index (κ3) is 2.78. The molecule has 94 valence electrons. The molecule has 2 nitrogen and oxygen atoms in total. The molecule has 1 saturated carbocycles. The highest BCUT2D eigenvalue weighted by Crippen LogP contribution is 2.31. The van der Waals surface area contributed by atoms with Crippen molar-refractivity contribution in [3.05, 3.63) is 29.6 Å². The van der Waals surface area contributed by atoms with Crippen LogP contribution in [0.1, 0.15) is 44.7 Å². The Morgan fingerprint density at radius 1 is 1.35 bits per heavy atom. The van der Waals surface area contributed by atoms with Gasteiger partial charge in [-0.1, -0.05) is 6.42 Å². The Labute approximate surface area is 102 Å². The summed E-state index contributed by atoms with van der Waals surface area (Å²) in [6.45, 7) is 4.13. The van der Waals surface area contributed by atoms with Crippen LogP contribution >= 0.6 is 0 Å². The predicted molar refractivity (Wildman–Crippen MR) is 66.4 cm³/mol. The SMILES string of the molecule is CC(NC(C)C1CCC1)c1cc(F)ccc1O. The van der Waals surface area contributed by atoms with Crippen LogP contribution < -0.4 is 5.32 Å². The van der Waals surface area contributed by atoms with Crippen LogP contribution in [0.25, 0.3) is 0 Å². The summed E-state index contributed by atoms with van der Waals surface area (Å²) in [5.41, 5.74) is 0.635. The summed E-state index contributed by atoms with van der Waals surface area (Å²) in [6.07, 6.45) is 3.86. The Morgan fingerprint density at radius 3 is 2.65 bits per heavy atom. The first-order valence-electron chi connectivity index (χ1n) is 6.32. The summed E-state index contributed by atoms with van der Waals surface area (Å²) in [5, 5.41) is 13.2. The number of phenols is 1. The molecule has 0 heterocycles. The minimum atomic E-state index is -0.303. The van der Waals surface area contributed by atoms with E-state index < -0.39 is 0 Å². The molecule has 2 rings (SSSR count). The molecule has 0 aromatic heterocycles. The molecule has 3 heteroatoms. The highest BCUT2D eigenvalue weighted by Gasteiger charge is 2.25. The summed E-state index contributed by atoms with van der Waals surface area (Å²) in [6, 6.07) is 4.49. The van der Waals surface area contributed by atoms with Crippen LogP contribution in [-0.2, 0) is 0 Å². The zero-order valence-electron chi connectivity index (χ0n) is 10.4. The summed E-state index contributed by atoms with van der Waals surface area (Å²) in [5.74, 6) is 0.586. The Balaban J connectivity index is 2.02. The zero-order chi connectivity index (χ0) is 12.4. The number of phenolic OH excluding ortho intramolecular Hbond substituents is 1. The van der Waals surface area contributed by atoms with E-state index in [2.05, 4.69) is 12.2 Å². The molecule has 0 spiro atoms. The van der Waals surface area contributed by atoms with Gasteiger partial charge < -0.3 is 10.4 Å². The molecule has 1 aliphatic rings. The Hall–Kier alpha value is -1.09. The van der Waals surface area contributed by atoms with Gasteiger partial charge in [-0.15, -0.1) is 0 Å². The molecule has 1 aliphatic carbocycles. The van der Waals surface area contributed by atoms with Crippen molar-refractivity contribution in [2.24, 2.45) is 5.92 Å². The Kier molecular flexibility index (Phi) is 3.67. The number of nitrogens with one attached hydrogen (secondary N) is 1. The molecule has 2 N–H and O–H groups in total. The van der Waals surface area contributed by atoms with Crippen molar-refractivity contribution in [2.45, 2.75) is 45.2 Å². The molecule has 0 amide bonds. The van der Waals surface area contributed by atoms with Gasteiger partial charge >= 0.3 is 0 Å². The van der Waals surface area contributed by atoms with Crippen LogP contribution in [0.4, 0.5) is 4.39 Å². The van der Waals surface area contributed by atoms with Crippen LogP contribution in [0.5, 0.6) is 5.75 Å². The second-order valence-corrected chi connectivity index (χ2v) is 5.07. The number of hydrogen-bond donors (Lipinski definition) is 2. The van der Waals surface area contributed by atoms with E-state index in [1.807, 2.05) is 6.92 Å². The minimum Gasteiger partial charge on any atom is -0.508 e. The quantitative estimate of drug-likeness (QED) is 0.841. The van der Waals surface area contributed by atoms with Crippen molar-refractivity contribution in [1.29, 1.82) is 0 Å². The minimum absolute atomic E-state index is 0.0266. The van der Waals surface area contributed by atoms with Gasteiger partial charge in [0.25, 0.3) is 0 Å². The molecule has 0 saturated heterocycles. The molecule has 1 aromatic rings. The maximum atomic E-state index is 13.1. The first kappa shape index (κ1) is 12.4. The molecule has 17 heavy (non-hydrogen) atoms. The number of benzene rings is 1. The lowest BCUT2D eigenvalue weighted by Crippen LogP contribution is -2.38. The summed E-state index contributed by atoms with van der Waals surface area (Å²) < 4.78 is 13.1. The number of rotatable bonds is 4. The van der Waals surface area contributed by atoms with E-state index in [0.717, 1.165) is 5.92 Å². The van der Waals surface area contributed by atoms with E-state index in [4.69, 9.17) is 0 Å². The fraction of sp³-hybridized carbons (Fsp3) is 0.571. The third-order valence-corrected chi connectivity index (χ3v) is 3.83. The summed E-state index contributed by atoms with van der Waals surface area (Å²) in [4.78, 5) is 0. The molecule has 0 aliphatic heterocycles. The summed E-state index contributed by atoms with van der Waals surface area (Å²) in [7, 11) is 0. The van der Waals surface area contributed by atoms with Gasteiger partial charge in [0.05, 0.1) is 0 Å². The van der Waals surface area contributed by atoms with Gasteiger partial charge in [0.2, 0.25) is 0 Å². The fourth-order valence-electron chi connectivity index (χ4n) is 2.43. The van der Waals surface area contributed by atoms with Gasteiger partial charge in [0.15, 0.2) is 0 Å². The van der Waals surface area contributed by atoms with E-state index in [0.29, 0.717) is 11.6 Å². The highest BCUT2D eigenvalue weighted by atomic mass is 19.1. The monoisotopic (exact) mass is 237 g/mol. The fourth-order valence-corrected chi connectivity index (χ4v) is 2.43. The second-order valence-electron chi connectivity index (χ2n) is 5.07. The van der Waals surface area contributed by atoms with Gasteiger partial charge in [-0.3, -0.25) is 0 Å². The first-order chi connectivity index (χ1) is 8.08.